The van der Waals surface area contributed by atoms with Gasteiger partial charge in [-0.2, -0.15) is 0 Å². The molecule has 0 aliphatic heterocycles. The molecule has 0 fully saturated rings. The van der Waals surface area contributed by atoms with E-state index in [0.717, 1.165) is 22.0 Å². The van der Waals surface area contributed by atoms with E-state index < -0.39 is 0 Å². The summed E-state index contributed by atoms with van der Waals surface area (Å²) in [6.07, 6.45) is 0. The monoisotopic (exact) mass is 255 g/mol. The van der Waals surface area contributed by atoms with Crippen molar-refractivity contribution >= 4 is 21.8 Å². The maximum Gasteiger partial charge on any atom is 0.251 e. The summed E-state index contributed by atoms with van der Waals surface area (Å²) in [6.45, 7) is 4.64. The molecule has 0 aliphatic rings. The van der Waals surface area contributed by atoms with Crippen LogP contribution in [0.4, 0.5) is 0 Å². The summed E-state index contributed by atoms with van der Waals surface area (Å²) >= 11 is 3.27. The fraction of sp³-hybridized carbons (Fsp3) is 0.364. The van der Waals surface area contributed by atoms with Gasteiger partial charge in [0.15, 0.2) is 0 Å². The van der Waals surface area contributed by atoms with Crippen LogP contribution in [0.25, 0.3) is 0 Å². The number of hydrogen-bond donors (Lipinski definition) is 1. The third-order valence-electron chi connectivity index (χ3n) is 2.23. The number of carbonyl (C=O) groups excluding carboxylic acids is 1. The number of carbonyl (C=O) groups is 1. The summed E-state index contributed by atoms with van der Waals surface area (Å²) in [7, 11) is 0. The maximum atomic E-state index is 11.6. The number of halogens is 1. The number of hydrogen-bond acceptors (Lipinski definition) is 1. The van der Waals surface area contributed by atoms with E-state index in [1.807, 2.05) is 32.0 Å². The van der Waals surface area contributed by atoms with Gasteiger partial charge >= 0.3 is 0 Å². The zero-order valence-electron chi connectivity index (χ0n) is 8.43. The summed E-state index contributed by atoms with van der Waals surface area (Å²) < 4.78 is 0. The van der Waals surface area contributed by atoms with Crippen LogP contribution in [0.1, 0.15) is 21.5 Å². The molecule has 1 rings (SSSR count). The van der Waals surface area contributed by atoms with Gasteiger partial charge in [0.25, 0.3) is 5.91 Å². The molecular formula is C11H14BrNO. The minimum Gasteiger partial charge on any atom is -0.351 e. The van der Waals surface area contributed by atoms with Crippen molar-refractivity contribution in [1.29, 1.82) is 0 Å². The standard InChI is InChI=1S/C11H14BrNO/c1-8-4-3-5-10(9(8)2)11(14)13-7-6-12/h3-5H,6-7H2,1-2H3,(H,13,14). The number of aryl methyl sites for hydroxylation is 1. The van der Waals surface area contributed by atoms with Crippen molar-refractivity contribution in [2.75, 3.05) is 11.9 Å². The highest BCUT2D eigenvalue weighted by molar-refractivity contribution is 9.09. The molecule has 3 heteroatoms. The van der Waals surface area contributed by atoms with Gasteiger partial charge in [0, 0.05) is 17.4 Å². The Bertz CT molecular complexity index is 336. The average molecular weight is 256 g/mol. The van der Waals surface area contributed by atoms with Crippen molar-refractivity contribution in [2.45, 2.75) is 13.8 Å². The van der Waals surface area contributed by atoms with E-state index in [1.54, 1.807) is 0 Å². The van der Waals surface area contributed by atoms with E-state index in [4.69, 9.17) is 0 Å². The number of amides is 1. The molecule has 76 valence electrons. The Balaban J connectivity index is 2.84. The second kappa shape index (κ2) is 5.15. The molecule has 0 aliphatic carbocycles. The molecular weight excluding hydrogens is 242 g/mol. The van der Waals surface area contributed by atoms with Crippen molar-refractivity contribution in [1.82, 2.24) is 5.32 Å². The lowest BCUT2D eigenvalue weighted by atomic mass is 10.0. The van der Waals surface area contributed by atoms with Crippen LogP contribution in [-0.4, -0.2) is 17.8 Å². The maximum absolute atomic E-state index is 11.6. The second-order valence-electron chi connectivity index (χ2n) is 3.19. The molecule has 2 nitrogen and oxygen atoms in total. The molecule has 0 saturated carbocycles. The Hall–Kier alpha value is -0.830. The van der Waals surface area contributed by atoms with Crippen molar-refractivity contribution in [2.24, 2.45) is 0 Å². The first-order valence-electron chi connectivity index (χ1n) is 4.57. The summed E-state index contributed by atoms with van der Waals surface area (Å²) in [5.41, 5.74) is 2.97. The van der Waals surface area contributed by atoms with Gasteiger partial charge in [-0.05, 0) is 31.0 Å². The van der Waals surface area contributed by atoms with Gasteiger partial charge < -0.3 is 5.32 Å². The third kappa shape index (κ3) is 2.58. The lowest BCUT2D eigenvalue weighted by Crippen LogP contribution is -2.26. The number of benzene rings is 1. The number of alkyl halides is 1. The Kier molecular flexibility index (Phi) is 4.14. The molecule has 0 bridgehead atoms. The molecule has 0 saturated heterocycles. The lowest BCUT2D eigenvalue weighted by Gasteiger charge is -2.08. The lowest BCUT2D eigenvalue weighted by molar-refractivity contribution is 0.0955. The smallest absolute Gasteiger partial charge is 0.251 e. The van der Waals surface area contributed by atoms with E-state index in [9.17, 15) is 4.79 Å². The minimum atomic E-state index is 0.00523. The molecule has 1 aromatic carbocycles. The highest BCUT2D eigenvalue weighted by Crippen LogP contribution is 2.12. The predicted molar refractivity (Wildman–Crippen MR) is 62.0 cm³/mol. The fourth-order valence-electron chi connectivity index (χ4n) is 1.25. The van der Waals surface area contributed by atoms with Crippen LogP contribution in [0, 0.1) is 13.8 Å². The van der Waals surface area contributed by atoms with Crippen LogP contribution in [0.15, 0.2) is 18.2 Å². The Labute approximate surface area is 92.8 Å². The summed E-state index contributed by atoms with van der Waals surface area (Å²) in [5, 5.41) is 3.61. The molecule has 14 heavy (non-hydrogen) atoms. The molecule has 0 unspecified atom stereocenters. The molecule has 1 N–H and O–H groups in total. The second-order valence-corrected chi connectivity index (χ2v) is 3.99. The van der Waals surface area contributed by atoms with Crippen LogP contribution >= 0.6 is 15.9 Å². The SMILES string of the molecule is Cc1cccc(C(=O)NCCBr)c1C. The van der Waals surface area contributed by atoms with Crippen LogP contribution in [-0.2, 0) is 0 Å². The first-order chi connectivity index (χ1) is 6.66. The molecule has 0 heterocycles. The van der Waals surface area contributed by atoms with Crippen molar-refractivity contribution in [3.8, 4) is 0 Å². The van der Waals surface area contributed by atoms with Crippen LogP contribution in [0.5, 0.6) is 0 Å². The highest BCUT2D eigenvalue weighted by atomic mass is 79.9. The highest BCUT2D eigenvalue weighted by Gasteiger charge is 2.08. The summed E-state index contributed by atoms with van der Waals surface area (Å²) in [4.78, 5) is 11.6. The first-order valence-corrected chi connectivity index (χ1v) is 5.69. The van der Waals surface area contributed by atoms with Crippen LogP contribution in [0.3, 0.4) is 0 Å². The van der Waals surface area contributed by atoms with E-state index >= 15 is 0 Å². The first kappa shape index (κ1) is 11.2. The Morgan fingerprint density at radius 3 is 2.79 bits per heavy atom. The van der Waals surface area contributed by atoms with E-state index in [1.165, 1.54) is 0 Å². The molecule has 0 spiro atoms. The summed E-state index contributed by atoms with van der Waals surface area (Å²) in [6, 6.07) is 5.77. The molecule has 0 aromatic heterocycles. The molecule has 1 aromatic rings. The fourth-order valence-corrected chi connectivity index (χ4v) is 1.45. The number of nitrogens with one attached hydrogen (secondary N) is 1. The topological polar surface area (TPSA) is 29.1 Å². The van der Waals surface area contributed by atoms with E-state index in [0.29, 0.717) is 6.54 Å². The summed E-state index contributed by atoms with van der Waals surface area (Å²) in [5.74, 6) is 0.00523. The Morgan fingerprint density at radius 1 is 1.43 bits per heavy atom. The Morgan fingerprint density at radius 2 is 2.14 bits per heavy atom. The molecule has 0 radical (unpaired) electrons. The van der Waals surface area contributed by atoms with Crippen molar-refractivity contribution in [3.05, 3.63) is 34.9 Å². The van der Waals surface area contributed by atoms with Crippen molar-refractivity contribution in [3.63, 3.8) is 0 Å². The molecule has 1 amide bonds. The largest absolute Gasteiger partial charge is 0.351 e. The van der Waals surface area contributed by atoms with Gasteiger partial charge in [-0.3, -0.25) is 4.79 Å². The van der Waals surface area contributed by atoms with Crippen LogP contribution in [0.2, 0.25) is 0 Å². The predicted octanol–water partition coefficient (Wildman–Crippen LogP) is 2.43. The number of rotatable bonds is 3. The molecule has 0 atom stereocenters. The van der Waals surface area contributed by atoms with Gasteiger partial charge in [0.2, 0.25) is 0 Å². The van der Waals surface area contributed by atoms with Gasteiger partial charge in [-0.15, -0.1) is 0 Å². The van der Waals surface area contributed by atoms with Gasteiger partial charge in [-0.25, -0.2) is 0 Å². The van der Waals surface area contributed by atoms with Gasteiger partial charge in [0.1, 0.15) is 0 Å². The van der Waals surface area contributed by atoms with Gasteiger partial charge in [0.05, 0.1) is 0 Å². The van der Waals surface area contributed by atoms with Crippen LogP contribution < -0.4 is 5.32 Å². The minimum absolute atomic E-state index is 0.00523. The third-order valence-corrected chi connectivity index (χ3v) is 2.63. The normalized spacial score (nSPS) is 9.93. The van der Waals surface area contributed by atoms with Crippen molar-refractivity contribution < 1.29 is 4.79 Å². The zero-order valence-corrected chi connectivity index (χ0v) is 10.0. The average Bonchev–Trinajstić information content (AvgIpc) is 2.18. The van der Waals surface area contributed by atoms with Gasteiger partial charge in [-0.1, -0.05) is 28.1 Å². The van der Waals surface area contributed by atoms with E-state index in [-0.39, 0.29) is 5.91 Å². The zero-order chi connectivity index (χ0) is 10.6. The van der Waals surface area contributed by atoms with E-state index in [2.05, 4.69) is 21.2 Å². The quantitative estimate of drug-likeness (QED) is 0.827.